The van der Waals surface area contributed by atoms with Crippen LogP contribution in [0.25, 0.3) is 0 Å². The Morgan fingerprint density at radius 1 is 1.50 bits per heavy atom. The highest BCUT2D eigenvalue weighted by Gasteiger charge is 1.90. The van der Waals surface area contributed by atoms with Gasteiger partial charge in [0.05, 0.1) is 0 Å². The van der Waals surface area contributed by atoms with Crippen molar-refractivity contribution >= 4 is 0 Å². The largest absolute Gasteiger partial charge is 0.251 e. The van der Waals surface area contributed by atoms with E-state index in [1.54, 1.807) is 0 Å². The van der Waals surface area contributed by atoms with Crippen molar-refractivity contribution in [1.82, 2.24) is 0 Å². The zero-order valence-corrected chi connectivity index (χ0v) is 5.87. The number of benzene rings is 1. The van der Waals surface area contributed by atoms with E-state index in [0.717, 1.165) is 5.56 Å². The molecule has 0 aromatic heterocycles. The van der Waals surface area contributed by atoms with Crippen molar-refractivity contribution in [2.45, 2.75) is 13.5 Å². The summed E-state index contributed by atoms with van der Waals surface area (Å²) < 4.78 is 0. The van der Waals surface area contributed by atoms with Crippen LogP contribution in [0.4, 0.5) is 0 Å². The lowest BCUT2D eigenvalue weighted by atomic mass is 10.1. The standard InChI is InChI=1S/C8H10O2/c1-7-3-2-4-8(5-7)6-10-9/h2-5,9H,6H2,1H3. The fourth-order valence-corrected chi connectivity index (χ4v) is 0.876. The van der Waals surface area contributed by atoms with Crippen molar-refractivity contribution in [3.8, 4) is 0 Å². The molecule has 0 radical (unpaired) electrons. The summed E-state index contributed by atoms with van der Waals surface area (Å²) in [5, 5.41) is 8.11. The molecule has 0 amide bonds. The molecule has 1 N–H and O–H groups in total. The molecule has 1 aromatic rings. The molecule has 0 saturated heterocycles. The Balaban J connectivity index is 2.75. The number of aryl methyl sites for hydroxylation is 1. The van der Waals surface area contributed by atoms with E-state index in [9.17, 15) is 0 Å². The molecule has 2 nitrogen and oxygen atoms in total. The Bertz CT molecular complexity index is 208. The Morgan fingerprint density at radius 3 is 2.90 bits per heavy atom. The first-order valence-corrected chi connectivity index (χ1v) is 3.15. The molecule has 0 aliphatic rings. The van der Waals surface area contributed by atoms with E-state index in [1.807, 2.05) is 31.2 Å². The van der Waals surface area contributed by atoms with E-state index in [2.05, 4.69) is 4.89 Å². The van der Waals surface area contributed by atoms with Crippen molar-refractivity contribution < 1.29 is 10.1 Å². The van der Waals surface area contributed by atoms with Gasteiger partial charge in [-0.1, -0.05) is 29.8 Å². The van der Waals surface area contributed by atoms with Crippen molar-refractivity contribution in [1.29, 1.82) is 0 Å². The van der Waals surface area contributed by atoms with Gasteiger partial charge in [-0.15, -0.1) is 0 Å². The highest BCUT2D eigenvalue weighted by Crippen LogP contribution is 2.03. The van der Waals surface area contributed by atoms with Gasteiger partial charge in [0.1, 0.15) is 6.61 Å². The predicted molar refractivity (Wildman–Crippen MR) is 38.6 cm³/mol. The molecule has 2 heteroatoms. The summed E-state index contributed by atoms with van der Waals surface area (Å²) in [7, 11) is 0. The Hall–Kier alpha value is -0.860. The summed E-state index contributed by atoms with van der Waals surface area (Å²) in [4.78, 5) is 3.98. The minimum atomic E-state index is 0.266. The lowest BCUT2D eigenvalue weighted by Gasteiger charge is -1.97. The average Bonchev–Trinajstić information content (AvgIpc) is 1.88. The minimum absolute atomic E-state index is 0.266. The Morgan fingerprint density at radius 2 is 2.30 bits per heavy atom. The van der Waals surface area contributed by atoms with Crippen LogP contribution in [0.5, 0.6) is 0 Å². The van der Waals surface area contributed by atoms with Crippen LogP contribution >= 0.6 is 0 Å². The topological polar surface area (TPSA) is 29.5 Å². The van der Waals surface area contributed by atoms with Crippen LogP contribution in [0.1, 0.15) is 11.1 Å². The fourth-order valence-electron chi connectivity index (χ4n) is 0.876. The summed E-state index contributed by atoms with van der Waals surface area (Å²) in [6.45, 7) is 2.27. The highest BCUT2D eigenvalue weighted by atomic mass is 17.1. The third-order valence-corrected chi connectivity index (χ3v) is 1.31. The molecule has 0 unspecified atom stereocenters. The van der Waals surface area contributed by atoms with Gasteiger partial charge >= 0.3 is 0 Å². The molecule has 0 heterocycles. The van der Waals surface area contributed by atoms with Gasteiger partial charge < -0.3 is 0 Å². The van der Waals surface area contributed by atoms with Gasteiger partial charge in [0.25, 0.3) is 0 Å². The molecule has 0 aliphatic carbocycles. The maximum absolute atomic E-state index is 8.11. The van der Waals surface area contributed by atoms with Gasteiger partial charge in [0.2, 0.25) is 0 Å². The second-order valence-corrected chi connectivity index (χ2v) is 2.26. The SMILES string of the molecule is Cc1cccc(COO)c1. The lowest BCUT2D eigenvalue weighted by Crippen LogP contribution is -1.87. The molecule has 0 bridgehead atoms. The van der Waals surface area contributed by atoms with E-state index < -0.39 is 0 Å². The molecular weight excluding hydrogens is 128 g/mol. The van der Waals surface area contributed by atoms with Crippen LogP contribution in [0, 0.1) is 6.92 Å². The number of hydrogen-bond donors (Lipinski definition) is 1. The van der Waals surface area contributed by atoms with E-state index in [0.29, 0.717) is 0 Å². The van der Waals surface area contributed by atoms with Crippen LogP contribution in [0.2, 0.25) is 0 Å². The summed E-state index contributed by atoms with van der Waals surface area (Å²) in [5.74, 6) is 0. The third kappa shape index (κ3) is 1.83. The van der Waals surface area contributed by atoms with Crippen LogP contribution in [0.3, 0.4) is 0 Å². The normalized spacial score (nSPS) is 9.80. The van der Waals surface area contributed by atoms with Gasteiger partial charge in [0.15, 0.2) is 0 Å². The number of hydrogen-bond acceptors (Lipinski definition) is 2. The summed E-state index contributed by atoms with van der Waals surface area (Å²) in [6, 6.07) is 7.81. The molecular formula is C8H10O2. The van der Waals surface area contributed by atoms with Crippen LogP contribution in [-0.4, -0.2) is 5.26 Å². The fraction of sp³-hybridized carbons (Fsp3) is 0.250. The summed E-state index contributed by atoms with van der Waals surface area (Å²) in [6.07, 6.45) is 0. The minimum Gasteiger partial charge on any atom is -0.251 e. The van der Waals surface area contributed by atoms with Crippen molar-refractivity contribution in [2.24, 2.45) is 0 Å². The second kappa shape index (κ2) is 3.34. The first-order chi connectivity index (χ1) is 4.83. The molecule has 1 aromatic carbocycles. The first kappa shape index (κ1) is 7.25. The van der Waals surface area contributed by atoms with Crippen LogP contribution in [0.15, 0.2) is 24.3 Å². The third-order valence-electron chi connectivity index (χ3n) is 1.31. The lowest BCUT2D eigenvalue weighted by molar-refractivity contribution is -0.253. The quantitative estimate of drug-likeness (QED) is 0.500. The van der Waals surface area contributed by atoms with Gasteiger partial charge in [0, 0.05) is 0 Å². The van der Waals surface area contributed by atoms with E-state index >= 15 is 0 Å². The van der Waals surface area contributed by atoms with E-state index in [1.165, 1.54) is 5.56 Å². The predicted octanol–water partition coefficient (Wildman–Crippen LogP) is 1.98. The maximum atomic E-state index is 8.11. The zero-order valence-electron chi connectivity index (χ0n) is 5.87. The summed E-state index contributed by atoms with van der Waals surface area (Å²) >= 11 is 0. The van der Waals surface area contributed by atoms with E-state index in [4.69, 9.17) is 5.26 Å². The first-order valence-electron chi connectivity index (χ1n) is 3.15. The van der Waals surface area contributed by atoms with Gasteiger partial charge in [-0.2, -0.15) is 0 Å². The smallest absolute Gasteiger partial charge is 0.107 e. The molecule has 0 saturated carbocycles. The van der Waals surface area contributed by atoms with Crippen molar-refractivity contribution in [2.75, 3.05) is 0 Å². The van der Waals surface area contributed by atoms with Crippen molar-refractivity contribution in [3.63, 3.8) is 0 Å². The zero-order chi connectivity index (χ0) is 7.40. The second-order valence-electron chi connectivity index (χ2n) is 2.26. The monoisotopic (exact) mass is 138 g/mol. The molecule has 54 valence electrons. The molecule has 1 rings (SSSR count). The van der Waals surface area contributed by atoms with Gasteiger partial charge in [-0.05, 0) is 12.5 Å². The molecule has 0 atom stereocenters. The Kier molecular flexibility index (Phi) is 2.42. The van der Waals surface area contributed by atoms with Crippen LogP contribution in [-0.2, 0) is 11.5 Å². The molecule has 0 aliphatic heterocycles. The van der Waals surface area contributed by atoms with Gasteiger partial charge in [-0.25, -0.2) is 4.89 Å². The maximum Gasteiger partial charge on any atom is 0.107 e. The van der Waals surface area contributed by atoms with Crippen LogP contribution < -0.4 is 0 Å². The number of rotatable bonds is 2. The highest BCUT2D eigenvalue weighted by molar-refractivity contribution is 5.21. The van der Waals surface area contributed by atoms with Crippen molar-refractivity contribution in [3.05, 3.63) is 35.4 Å². The molecule has 10 heavy (non-hydrogen) atoms. The average molecular weight is 138 g/mol. The Labute approximate surface area is 60.0 Å². The summed E-state index contributed by atoms with van der Waals surface area (Å²) in [5.41, 5.74) is 2.16. The molecule has 0 fully saturated rings. The molecule has 0 spiro atoms. The van der Waals surface area contributed by atoms with E-state index in [-0.39, 0.29) is 6.61 Å². The van der Waals surface area contributed by atoms with Gasteiger partial charge in [-0.3, -0.25) is 5.26 Å².